The van der Waals surface area contributed by atoms with Gasteiger partial charge in [-0.3, -0.25) is 4.21 Å². The van der Waals surface area contributed by atoms with Gasteiger partial charge >= 0.3 is 0 Å². The van der Waals surface area contributed by atoms with E-state index in [0.717, 1.165) is 18.0 Å². The number of benzene rings is 1. The fraction of sp³-hybridized carbons (Fsp3) is 0.375. The molecule has 2 heterocycles. The van der Waals surface area contributed by atoms with Crippen molar-refractivity contribution in [2.75, 3.05) is 29.5 Å². The van der Waals surface area contributed by atoms with Crippen LogP contribution in [0.15, 0.2) is 42.6 Å². The normalized spacial score (nSPS) is 22.1. The van der Waals surface area contributed by atoms with Gasteiger partial charge in [-0.2, -0.15) is 4.98 Å². The van der Waals surface area contributed by atoms with Crippen molar-refractivity contribution in [3.8, 4) is 11.6 Å². The highest BCUT2D eigenvalue weighted by Gasteiger charge is 2.21. The number of aromatic nitrogens is 2. The molecule has 0 aliphatic carbocycles. The molecule has 116 valence electrons. The Morgan fingerprint density at radius 2 is 2.09 bits per heavy atom. The molecular formula is C16H19N3O2S. The van der Waals surface area contributed by atoms with Crippen LogP contribution in [0.25, 0.3) is 0 Å². The lowest BCUT2D eigenvalue weighted by atomic mass is 10.2. The van der Waals surface area contributed by atoms with Gasteiger partial charge in [0.05, 0.1) is 0 Å². The summed E-state index contributed by atoms with van der Waals surface area (Å²) in [6.07, 6.45) is 1.70. The maximum absolute atomic E-state index is 11.8. The first kappa shape index (κ1) is 15.0. The average molecular weight is 317 g/mol. The Labute approximate surface area is 132 Å². The van der Waals surface area contributed by atoms with Crippen molar-refractivity contribution in [1.82, 2.24) is 9.97 Å². The molecule has 0 radical (unpaired) electrons. The summed E-state index contributed by atoms with van der Waals surface area (Å²) in [7, 11) is -0.747. The van der Waals surface area contributed by atoms with Gasteiger partial charge in [-0.15, -0.1) is 0 Å². The van der Waals surface area contributed by atoms with E-state index in [9.17, 15) is 4.21 Å². The number of hydrogen-bond donors (Lipinski definition) is 0. The third-order valence-corrected chi connectivity index (χ3v) is 5.04. The van der Waals surface area contributed by atoms with Crippen LogP contribution in [-0.4, -0.2) is 38.8 Å². The molecule has 0 saturated carbocycles. The molecule has 2 aromatic rings. The summed E-state index contributed by atoms with van der Waals surface area (Å²) in [5.41, 5.74) is 0. The number of para-hydroxylation sites is 1. The van der Waals surface area contributed by atoms with Crippen LogP contribution >= 0.6 is 0 Å². The minimum absolute atomic E-state index is 0.366. The molecule has 3 rings (SSSR count). The number of rotatable bonds is 3. The lowest BCUT2D eigenvalue weighted by molar-refractivity contribution is 0.460. The maximum atomic E-state index is 11.8. The smallest absolute Gasteiger partial charge is 0.228 e. The lowest BCUT2D eigenvalue weighted by Crippen LogP contribution is -2.30. The Balaban J connectivity index is 1.77. The monoisotopic (exact) mass is 317 g/mol. The molecule has 1 aromatic heterocycles. The van der Waals surface area contributed by atoms with E-state index in [4.69, 9.17) is 4.74 Å². The second-order valence-corrected chi connectivity index (χ2v) is 7.09. The van der Waals surface area contributed by atoms with Crippen LogP contribution in [0.4, 0.5) is 5.95 Å². The highest BCUT2D eigenvalue weighted by Crippen LogP contribution is 2.21. The van der Waals surface area contributed by atoms with Crippen LogP contribution in [0.5, 0.6) is 11.6 Å². The van der Waals surface area contributed by atoms with Crippen LogP contribution in [-0.2, 0) is 10.8 Å². The van der Waals surface area contributed by atoms with Crippen LogP contribution in [0.2, 0.25) is 0 Å². The van der Waals surface area contributed by atoms with E-state index in [0.29, 0.717) is 30.0 Å². The zero-order chi connectivity index (χ0) is 15.4. The quantitative estimate of drug-likeness (QED) is 0.870. The standard InChI is InChI=1S/C16H19N3O2S/c1-13-11-19(9-10-22(20)12-13)16-17-8-7-15(18-16)21-14-5-3-2-4-6-14/h2-8,13H,9-12H2,1H3. The van der Waals surface area contributed by atoms with Gasteiger partial charge in [-0.05, 0) is 18.1 Å². The third-order valence-electron chi connectivity index (χ3n) is 3.46. The van der Waals surface area contributed by atoms with E-state index < -0.39 is 10.8 Å². The van der Waals surface area contributed by atoms with Gasteiger partial charge in [0.2, 0.25) is 11.8 Å². The molecule has 1 aromatic carbocycles. The molecule has 0 spiro atoms. The van der Waals surface area contributed by atoms with Gasteiger partial charge in [-0.25, -0.2) is 4.98 Å². The first-order chi connectivity index (χ1) is 10.7. The minimum Gasteiger partial charge on any atom is -0.439 e. The van der Waals surface area contributed by atoms with E-state index in [1.807, 2.05) is 30.3 Å². The Morgan fingerprint density at radius 3 is 2.91 bits per heavy atom. The van der Waals surface area contributed by atoms with Crippen molar-refractivity contribution in [3.05, 3.63) is 42.6 Å². The number of anilines is 1. The average Bonchev–Trinajstić information content (AvgIpc) is 2.69. The van der Waals surface area contributed by atoms with Crippen LogP contribution < -0.4 is 9.64 Å². The Bertz CT molecular complexity index is 651. The van der Waals surface area contributed by atoms with E-state index in [2.05, 4.69) is 21.8 Å². The molecule has 1 fully saturated rings. The zero-order valence-corrected chi connectivity index (χ0v) is 13.3. The fourth-order valence-corrected chi connectivity index (χ4v) is 3.80. The fourth-order valence-electron chi connectivity index (χ4n) is 2.47. The molecule has 1 aliphatic rings. The van der Waals surface area contributed by atoms with Crippen LogP contribution in [0.3, 0.4) is 0 Å². The number of ether oxygens (including phenoxy) is 1. The minimum atomic E-state index is -0.747. The van der Waals surface area contributed by atoms with E-state index in [1.165, 1.54) is 0 Å². The first-order valence-corrected chi connectivity index (χ1v) is 8.85. The molecule has 2 atom stereocenters. The van der Waals surface area contributed by atoms with Crippen LogP contribution in [0, 0.1) is 5.92 Å². The Kier molecular flexibility index (Phi) is 4.68. The van der Waals surface area contributed by atoms with Crippen molar-refractivity contribution in [1.29, 1.82) is 0 Å². The van der Waals surface area contributed by atoms with Crippen molar-refractivity contribution in [2.45, 2.75) is 6.92 Å². The van der Waals surface area contributed by atoms with E-state index >= 15 is 0 Å². The summed E-state index contributed by atoms with van der Waals surface area (Å²) in [4.78, 5) is 10.9. The van der Waals surface area contributed by atoms with Crippen molar-refractivity contribution < 1.29 is 8.95 Å². The van der Waals surface area contributed by atoms with Crippen LogP contribution in [0.1, 0.15) is 6.92 Å². The topological polar surface area (TPSA) is 55.3 Å². The largest absolute Gasteiger partial charge is 0.439 e. The molecule has 6 heteroatoms. The first-order valence-electron chi connectivity index (χ1n) is 7.36. The molecule has 0 amide bonds. The summed E-state index contributed by atoms with van der Waals surface area (Å²) in [5, 5.41) is 0. The predicted octanol–water partition coefficient (Wildman–Crippen LogP) is 2.47. The lowest BCUT2D eigenvalue weighted by Gasteiger charge is -2.22. The van der Waals surface area contributed by atoms with Gasteiger partial charge in [0.25, 0.3) is 0 Å². The third kappa shape index (κ3) is 3.82. The molecule has 1 saturated heterocycles. The van der Waals surface area contributed by atoms with Gasteiger partial charge in [0, 0.05) is 47.7 Å². The molecule has 1 aliphatic heterocycles. The van der Waals surface area contributed by atoms with Crippen molar-refractivity contribution in [3.63, 3.8) is 0 Å². The summed E-state index contributed by atoms with van der Waals surface area (Å²) in [6.45, 7) is 3.65. The molecule has 22 heavy (non-hydrogen) atoms. The Hall–Kier alpha value is -1.95. The molecule has 5 nitrogen and oxygen atoms in total. The van der Waals surface area contributed by atoms with Gasteiger partial charge in [-0.1, -0.05) is 25.1 Å². The number of nitrogens with zero attached hydrogens (tertiary/aromatic N) is 3. The van der Waals surface area contributed by atoms with Gasteiger partial charge < -0.3 is 9.64 Å². The summed E-state index contributed by atoms with van der Waals surface area (Å²) in [5.74, 6) is 3.69. The summed E-state index contributed by atoms with van der Waals surface area (Å²) in [6, 6.07) is 11.3. The van der Waals surface area contributed by atoms with Gasteiger partial charge in [0.15, 0.2) is 0 Å². The van der Waals surface area contributed by atoms with Crippen molar-refractivity contribution >= 4 is 16.7 Å². The highest BCUT2D eigenvalue weighted by atomic mass is 32.2. The SMILES string of the molecule is CC1CN(c2nccc(Oc3ccccc3)n2)CCS(=O)C1. The van der Waals surface area contributed by atoms with Gasteiger partial charge in [0.1, 0.15) is 5.75 Å². The maximum Gasteiger partial charge on any atom is 0.228 e. The molecule has 2 unspecified atom stereocenters. The zero-order valence-electron chi connectivity index (χ0n) is 12.5. The summed E-state index contributed by atoms with van der Waals surface area (Å²) < 4.78 is 17.5. The Morgan fingerprint density at radius 1 is 1.27 bits per heavy atom. The molecule has 0 N–H and O–H groups in total. The molecule has 0 bridgehead atoms. The second-order valence-electron chi connectivity index (χ2n) is 5.47. The number of hydrogen-bond acceptors (Lipinski definition) is 5. The highest BCUT2D eigenvalue weighted by molar-refractivity contribution is 7.85. The van der Waals surface area contributed by atoms with E-state index in [-0.39, 0.29) is 0 Å². The van der Waals surface area contributed by atoms with Crippen molar-refractivity contribution in [2.24, 2.45) is 5.92 Å². The molecular weight excluding hydrogens is 298 g/mol. The summed E-state index contributed by atoms with van der Waals surface area (Å²) >= 11 is 0. The predicted molar refractivity (Wildman–Crippen MR) is 87.8 cm³/mol. The van der Waals surface area contributed by atoms with E-state index in [1.54, 1.807) is 12.3 Å². The second kappa shape index (κ2) is 6.87.